The van der Waals surface area contributed by atoms with Gasteiger partial charge in [0.15, 0.2) is 0 Å². The Hall–Kier alpha value is -0.193. The molecule has 1 aromatic carbocycles. The number of hydrogen-bond acceptors (Lipinski definition) is 1. The molecule has 166 valence electrons. The van der Waals surface area contributed by atoms with E-state index in [0.29, 0.717) is 6.42 Å². The fourth-order valence-electron chi connectivity index (χ4n) is 3.83. The molecule has 1 aromatic rings. The first-order valence-corrected chi connectivity index (χ1v) is 21.0. The van der Waals surface area contributed by atoms with Crippen molar-refractivity contribution in [2.24, 2.45) is 0 Å². The van der Waals surface area contributed by atoms with Gasteiger partial charge in [0.2, 0.25) is 0 Å². The van der Waals surface area contributed by atoms with Crippen LogP contribution in [0.2, 0.25) is 22.8 Å². The normalized spacial score (nSPS) is 11.5. The molecular formula is C25H44As2O2. The van der Waals surface area contributed by atoms with Gasteiger partial charge in [0, 0.05) is 6.42 Å². The number of aryl methyl sites for hydroxylation is 1. The van der Waals surface area contributed by atoms with E-state index in [1.54, 1.807) is 14.3 Å². The zero-order valence-corrected chi connectivity index (χ0v) is 23.1. The Balaban J connectivity index is 2.02. The summed E-state index contributed by atoms with van der Waals surface area (Å²) in [6.07, 6.45) is 16.9. The Labute approximate surface area is 189 Å². The van der Waals surface area contributed by atoms with Crippen LogP contribution in [-0.2, 0) is 11.2 Å². The van der Waals surface area contributed by atoms with E-state index < -0.39 is 35.3 Å². The second-order valence-corrected chi connectivity index (χ2v) is 18.3. The molecule has 1 rings (SSSR count). The van der Waals surface area contributed by atoms with Crippen molar-refractivity contribution in [2.75, 3.05) is 0 Å². The monoisotopic (exact) mass is 526 g/mol. The number of hydrogen-bond donors (Lipinski definition) is 1. The molecule has 0 unspecified atom stereocenters. The maximum atomic E-state index is 10.4. The van der Waals surface area contributed by atoms with Gasteiger partial charge < -0.3 is 5.11 Å². The Kier molecular flexibility index (Phi) is 15.3. The van der Waals surface area contributed by atoms with Crippen molar-refractivity contribution in [3.63, 3.8) is 0 Å². The SMILES string of the molecule is C[As](C)c1ccc(CCCCCCCCCCCCCCC(=O)O)cc1[As](C)C. The summed E-state index contributed by atoms with van der Waals surface area (Å²) in [6.45, 7) is 0. The van der Waals surface area contributed by atoms with Gasteiger partial charge in [-0.05, 0) is 6.42 Å². The summed E-state index contributed by atoms with van der Waals surface area (Å²) >= 11 is -1.55. The molecular weight excluding hydrogens is 482 g/mol. The van der Waals surface area contributed by atoms with Gasteiger partial charge in [-0.2, -0.15) is 0 Å². The van der Waals surface area contributed by atoms with Gasteiger partial charge in [0.1, 0.15) is 0 Å². The van der Waals surface area contributed by atoms with Crippen LogP contribution in [0.5, 0.6) is 0 Å². The van der Waals surface area contributed by atoms with Crippen LogP contribution < -0.4 is 8.70 Å². The average molecular weight is 526 g/mol. The molecule has 0 fully saturated rings. The third-order valence-electron chi connectivity index (χ3n) is 5.61. The van der Waals surface area contributed by atoms with Crippen molar-refractivity contribution in [2.45, 2.75) is 113 Å². The van der Waals surface area contributed by atoms with Crippen LogP contribution >= 0.6 is 0 Å². The van der Waals surface area contributed by atoms with E-state index in [9.17, 15) is 4.79 Å². The molecule has 4 heteroatoms. The summed E-state index contributed by atoms with van der Waals surface area (Å²) in [7, 11) is 0. The number of carboxylic acid groups (broad SMARTS) is 1. The fourth-order valence-corrected chi connectivity index (χ4v) is 12.1. The molecule has 0 aromatic heterocycles. The first-order valence-electron chi connectivity index (χ1n) is 11.6. The molecule has 0 heterocycles. The zero-order valence-electron chi connectivity index (χ0n) is 19.4. The van der Waals surface area contributed by atoms with Crippen LogP contribution in [0, 0.1) is 0 Å². The first-order chi connectivity index (χ1) is 13.9. The summed E-state index contributed by atoms with van der Waals surface area (Å²) in [5, 5.41) is 8.61. The number of rotatable bonds is 17. The van der Waals surface area contributed by atoms with E-state index in [4.69, 9.17) is 5.11 Å². The Morgan fingerprint density at radius 2 is 1.14 bits per heavy atom. The van der Waals surface area contributed by atoms with Crippen LogP contribution in [0.3, 0.4) is 0 Å². The molecule has 0 spiro atoms. The van der Waals surface area contributed by atoms with Crippen molar-refractivity contribution >= 4 is 44.0 Å². The molecule has 0 atom stereocenters. The average Bonchev–Trinajstić information content (AvgIpc) is 2.67. The predicted molar refractivity (Wildman–Crippen MR) is 132 cm³/mol. The molecule has 0 saturated carbocycles. The van der Waals surface area contributed by atoms with Gasteiger partial charge in [-0.1, -0.05) is 19.3 Å². The van der Waals surface area contributed by atoms with E-state index >= 15 is 0 Å². The Bertz CT molecular complexity index is 570. The number of carboxylic acids is 1. The molecule has 0 radical (unpaired) electrons. The topological polar surface area (TPSA) is 37.3 Å². The van der Waals surface area contributed by atoms with Crippen LogP contribution in [0.4, 0.5) is 0 Å². The summed E-state index contributed by atoms with van der Waals surface area (Å²) in [6, 6.07) is 7.44. The standard InChI is InChI=1S/C25H44As2O2/c1-26(2)23-20-19-22(21-24(23)27(3)4)17-15-13-11-9-7-5-6-8-10-12-14-16-18-25(28)29/h19-21H,5-18H2,1-4H3,(H,28,29). The summed E-state index contributed by atoms with van der Waals surface area (Å²) in [5.41, 5.74) is 11.5. The van der Waals surface area contributed by atoms with Crippen molar-refractivity contribution in [3.05, 3.63) is 23.8 Å². The summed E-state index contributed by atoms with van der Waals surface area (Å²) < 4.78 is 3.48. The predicted octanol–water partition coefficient (Wildman–Crippen LogP) is 6.31. The van der Waals surface area contributed by atoms with Crippen LogP contribution in [0.1, 0.15) is 89.0 Å². The van der Waals surface area contributed by atoms with E-state index in [0.717, 1.165) is 12.8 Å². The Morgan fingerprint density at radius 1 is 0.690 bits per heavy atom. The van der Waals surface area contributed by atoms with Crippen LogP contribution in [0.25, 0.3) is 0 Å². The maximum absolute atomic E-state index is 10.4. The molecule has 2 nitrogen and oxygen atoms in total. The molecule has 0 aliphatic rings. The minimum absolute atomic E-state index is 0.339. The number of aliphatic carboxylic acids is 1. The summed E-state index contributed by atoms with van der Waals surface area (Å²) in [5.74, 6) is -0.655. The van der Waals surface area contributed by atoms with Gasteiger partial charge in [-0.3, -0.25) is 4.79 Å². The van der Waals surface area contributed by atoms with Crippen molar-refractivity contribution in [1.29, 1.82) is 0 Å². The molecule has 29 heavy (non-hydrogen) atoms. The van der Waals surface area contributed by atoms with Crippen molar-refractivity contribution in [3.8, 4) is 0 Å². The van der Waals surface area contributed by atoms with Crippen LogP contribution in [0.15, 0.2) is 18.2 Å². The molecule has 0 aliphatic heterocycles. The number of unbranched alkanes of at least 4 members (excludes halogenated alkanes) is 11. The second kappa shape index (κ2) is 16.5. The van der Waals surface area contributed by atoms with Gasteiger partial charge >= 0.3 is 148 Å². The quantitative estimate of drug-likeness (QED) is 0.191. The fraction of sp³-hybridized carbons (Fsp3) is 0.720. The van der Waals surface area contributed by atoms with E-state index in [-0.39, 0.29) is 0 Å². The van der Waals surface area contributed by atoms with Gasteiger partial charge in [-0.25, -0.2) is 0 Å². The third kappa shape index (κ3) is 13.0. The second-order valence-electron chi connectivity index (χ2n) is 8.75. The summed E-state index contributed by atoms with van der Waals surface area (Å²) in [4.78, 5) is 10.4. The third-order valence-corrected chi connectivity index (χ3v) is 12.1. The molecule has 0 bridgehead atoms. The molecule has 0 saturated heterocycles. The van der Waals surface area contributed by atoms with Gasteiger partial charge in [-0.15, -0.1) is 0 Å². The van der Waals surface area contributed by atoms with Crippen molar-refractivity contribution in [1.82, 2.24) is 0 Å². The zero-order chi connectivity index (χ0) is 21.5. The molecule has 1 N–H and O–H groups in total. The van der Waals surface area contributed by atoms with Gasteiger partial charge in [0.25, 0.3) is 0 Å². The van der Waals surface area contributed by atoms with Crippen molar-refractivity contribution < 1.29 is 9.90 Å². The number of carbonyl (C=O) groups is 1. The first kappa shape index (κ1) is 26.8. The number of benzene rings is 1. The molecule has 0 amide bonds. The van der Waals surface area contributed by atoms with Gasteiger partial charge in [0.05, 0.1) is 0 Å². The molecule has 0 aliphatic carbocycles. The van der Waals surface area contributed by atoms with E-state index in [1.165, 1.54) is 70.6 Å². The van der Waals surface area contributed by atoms with Crippen LogP contribution in [-0.4, -0.2) is 40.4 Å². The minimum atomic E-state index is -0.787. The Morgan fingerprint density at radius 3 is 1.59 bits per heavy atom. The van der Waals surface area contributed by atoms with E-state index in [1.807, 2.05) is 0 Å². The van der Waals surface area contributed by atoms with E-state index in [2.05, 4.69) is 41.0 Å².